The van der Waals surface area contributed by atoms with Gasteiger partial charge in [-0.3, -0.25) is 4.79 Å². The predicted octanol–water partition coefficient (Wildman–Crippen LogP) is 2.47. The Labute approximate surface area is 201 Å². The third-order valence-electron chi connectivity index (χ3n) is 6.54. The standard InChI is InChI=1S/C24H28FN5O3S/c1-12-3-4-16-21(27)22(34-24(16)28-12)23(31)29-14-5-17-18(25)6-15(7-20(17)33-11-14)30-8-13(10-32-2)19(26)9-30/h3-4,6-7,13-14,19H,5,8-11,26-27H2,1-2H3,(H,29,31)/t13-,14+,19-/m0/s1. The zero-order valence-corrected chi connectivity index (χ0v) is 20.0. The molecule has 0 aliphatic carbocycles. The Morgan fingerprint density at radius 1 is 1.38 bits per heavy atom. The van der Waals surface area contributed by atoms with E-state index in [0.717, 1.165) is 21.6 Å². The van der Waals surface area contributed by atoms with Crippen LogP contribution in [0.2, 0.25) is 0 Å². The number of hydrogen-bond acceptors (Lipinski definition) is 8. The van der Waals surface area contributed by atoms with Crippen LogP contribution in [0.15, 0.2) is 24.3 Å². The molecule has 3 aromatic rings. The van der Waals surface area contributed by atoms with Crippen LogP contribution in [0.4, 0.5) is 15.8 Å². The van der Waals surface area contributed by atoms with Gasteiger partial charge in [-0.05, 0) is 25.1 Å². The number of anilines is 2. The highest BCUT2D eigenvalue weighted by Gasteiger charge is 2.32. The van der Waals surface area contributed by atoms with Crippen molar-refractivity contribution in [2.45, 2.75) is 25.4 Å². The summed E-state index contributed by atoms with van der Waals surface area (Å²) in [5.41, 5.74) is 14.9. The number of benzene rings is 1. The van der Waals surface area contributed by atoms with Crippen LogP contribution in [-0.4, -0.2) is 56.4 Å². The third-order valence-corrected chi connectivity index (χ3v) is 7.66. The van der Waals surface area contributed by atoms with E-state index in [-0.39, 0.29) is 36.3 Å². The molecule has 8 nitrogen and oxygen atoms in total. The van der Waals surface area contributed by atoms with Crippen LogP contribution in [0.25, 0.3) is 10.2 Å². The fourth-order valence-electron chi connectivity index (χ4n) is 4.70. The van der Waals surface area contributed by atoms with Crippen LogP contribution in [0.3, 0.4) is 0 Å². The largest absolute Gasteiger partial charge is 0.491 e. The van der Waals surface area contributed by atoms with Crippen LogP contribution < -0.4 is 26.4 Å². The van der Waals surface area contributed by atoms with Gasteiger partial charge in [0.2, 0.25) is 0 Å². The van der Waals surface area contributed by atoms with Gasteiger partial charge in [-0.15, -0.1) is 11.3 Å². The molecule has 1 amide bonds. The quantitative estimate of drug-likeness (QED) is 0.508. The number of ether oxygens (including phenoxy) is 2. The van der Waals surface area contributed by atoms with Gasteiger partial charge in [0.05, 0.1) is 18.3 Å². The van der Waals surface area contributed by atoms with Crippen molar-refractivity contribution < 1.29 is 18.7 Å². The molecule has 0 radical (unpaired) electrons. The summed E-state index contributed by atoms with van der Waals surface area (Å²) >= 11 is 1.26. The Bertz CT molecular complexity index is 1250. The number of aromatic nitrogens is 1. The molecule has 10 heteroatoms. The number of carbonyl (C=O) groups is 1. The van der Waals surface area contributed by atoms with Crippen LogP contribution in [0.1, 0.15) is 20.9 Å². The Balaban J connectivity index is 1.30. The van der Waals surface area contributed by atoms with Gasteiger partial charge in [0.25, 0.3) is 5.91 Å². The summed E-state index contributed by atoms with van der Waals surface area (Å²) in [6.45, 7) is 4.05. The number of aryl methyl sites for hydroxylation is 1. The second kappa shape index (κ2) is 9.01. The van der Waals surface area contributed by atoms with Gasteiger partial charge < -0.3 is 31.2 Å². The minimum atomic E-state index is -0.369. The van der Waals surface area contributed by atoms with Crippen LogP contribution in [-0.2, 0) is 11.2 Å². The number of halogens is 1. The molecule has 2 aliphatic heterocycles. The van der Waals surface area contributed by atoms with Gasteiger partial charge in [-0.1, -0.05) is 0 Å². The predicted molar refractivity (Wildman–Crippen MR) is 131 cm³/mol. The third kappa shape index (κ3) is 4.17. The molecule has 2 aromatic heterocycles. The van der Waals surface area contributed by atoms with Crippen LogP contribution in [0, 0.1) is 18.7 Å². The Morgan fingerprint density at radius 2 is 2.21 bits per heavy atom. The molecule has 4 heterocycles. The van der Waals surface area contributed by atoms with Gasteiger partial charge in [-0.2, -0.15) is 0 Å². The topological polar surface area (TPSA) is 116 Å². The lowest BCUT2D eigenvalue weighted by molar-refractivity contribution is 0.0919. The number of nitrogen functional groups attached to an aromatic ring is 1. The van der Waals surface area contributed by atoms with Crippen LogP contribution in [0.5, 0.6) is 5.75 Å². The number of methoxy groups -OCH3 is 1. The Kier molecular flexibility index (Phi) is 6.05. The highest BCUT2D eigenvalue weighted by molar-refractivity contribution is 7.21. The molecule has 5 N–H and O–H groups in total. The van der Waals surface area contributed by atoms with E-state index in [4.69, 9.17) is 20.9 Å². The number of rotatable bonds is 5. The monoisotopic (exact) mass is 485 g/mol. The summed E-state index contributed by atoms with van der Waals surface area (Å²) in [7, 11) is 1.66. The Morgan fingerprint density at radius 3 is 3.00 bits per heavy atom. The molecule has 1 fully saturated rings. The molecular weight excluding hydrogens is 457 g/mol. The molecule has 0 unspecified atom stereocenters. The number of carbonyl (C=O) groups excluding carboxylic acids is 1. The van der Waals surface area contributed by atoms with E-state index >= 15 is 4.39 Å². The minimum absolute atomic E-state index is 0.0278. The van der Waals surface area contributed by atoms with Crippen molar-refractivity contribution in [1.29, 1.82) is 0 Å². The summed E-state index contributed by atoms with van der Waals surface area (Å²) in [5.74, 6) is 0.0501. The van der Waals surface area contributed by atoms with Crippen molar-refractivity contribution in [3.63, 3.8) is 0 Å². The first-order chi connectivity index (χ1) is 16.3. The normalized spacial score (nSPS) is 22.0. The molecule has 0 saturated carbocycles. The average molecular weight is 486 g/mol. The van der Waals surface area contributed by atoms with E-state index in [9.17, 15) is 4.79 Å². The fourth-order valence-corrected chi connectivity index (χ4v) is 5.75. The van der Waals surface area contributed by atoms with Gasteiger partial charge in [-0.25, -0.2) is 9.37 Å². The summed E-state index contributed by atoms with van der Waals surface area (Å²) < 4.78 is 26.2. The average Bonchev–Trinajstić information content (AvgIpc) is 3.33. The number of hydrogen-bond donors (Lipinski definition) is 3. The van der Waals surface area contributed by atoms with Gasteiger partial charge in [0.1, 0.15) is 27.9 Å². The lowest BCUT2D eigenvalue weighted by atomic mass is 10.0. The molecule has 2 aliphatic rings. The van der Waals surface area contributed by atoms with E-state index in [0.29, 0.717) is 48.0 Å². The maximum atomic E-state index is 15.1. The smallest absolute Gasteiger partial charge is 0.263 e. The molecule has 5 rings (SSSR count). The van der Waals surface area contributed by atoms with Gasteiger partial charge >= 0.3 is 0 Å². The van der Waals surface area contributed by atoms with Crippen LogP contribution >= 0.6 is 11.3 Å². The van der Waals surface area contributed by atoms with E-state index in [1.54, 1.807) is 7.11 Å². The first kappa shape index (κ1) is 22.8. The zero-order chi connectivity index (χ0) is 24.0. The summed E-state index contributed by atoms with van der Waals surface area (Å²) in [6, 6.07) is 6.72. The van der Waals surface area contributed by atoms with Crippen molar-refractivity contribution in [2.75, 3.05) is 44.0 Å². The molecule has 0 bridgehead atoms. The molecule has 1 saturated heterocycles. The first-order valence-electron chi connectivity index (χ1n) is 11.2. The SMILES string of the molecule is COC[C@@H]1CN(c2cc(F)c3c(c2)OC[C@H](NC(=O)c2sc4nc(C)ccc4c2N)C3)C[C@@H]1N. The Hall–Kier alpha value is -2.95. The molecule has 34 heavy (non-hydrogen) atoms. The molecule has 3 atom stereocenters. The number of nitrogens with zero attached hydrogens (tertiary/aromatic N) is 2. The molecule has 1 aromatic carbocycles. The van der Waals surface area contributed by atoms with E-state index in [2.05, 4.69) is 15.2 Å². The zero-order valence-electron chi connectivity index (χ0n) is 19.1. The number of nitrogens with two attached hydrogens (primary N) is 2. The summed E-state index contributed by atoms with van der Waals surface area (Å²) in [6.07, 6.45) is 0.334. The van der Waals surface area contributed by atoms with Gasteiger partial charge in [0, 0.05) is 67.0 Å². The number of pyridine rings is 1. The summed E-state index contributed by atoms with van der Waals surface area (Å²) in [5, 5.41) is 3.71. The number of thiophene rings is 1. The highest BCUT2D eigenvalue weighted by atomic mass is 32.1. The highest BCUT2D eigenvalue weighted by Crippen LogP contribution is 2.35. The molecule has 180 valence electrons. The lowest BCUT2D eigenvalue weighted by Gasteiger charge is -2.28. The second-order valence-corrected chi connectivity index (χ2v) is 10.0. The van der Waals surface area contributed by atoms with E-state index in [1.165, 1.54) is 17.4 Å². The lowest BCUT2D eigenvalue weighted by Crippen LogP contribution is -2.43. The van der Waals surface area contributed by atoms with E-state index < -0.39 is 0 Å². The molecular formula is C24H28FN5O3S. The van der Waals surface area contributed by atoms with Crippen molar-refractivity contribution in [3.8, 4) is 5.75 Å². The number of nitrogens with one attached hydrogen (secondary N) is 1. The fraction of sp³-hybridized carbons (Fsp3) is 0.417. The van der Waals surface area contributed by atoms with Gasteiger partial charge in [0.15, 0.2) is 0 Å². The maximum Gasteiger partial charge on any atom is 0.263 e. The van der Waals surface area contributed by atoms with Crippen molar-refractivity contribution in [2.24, 2.45) is 11.7 Å². The van der Waals surface area contributed by atoms with E-state index in [1.807, 2.05) is 25.1 Å². The first-order valence-corrected chi connectivity index (χ1v) is 12.1. The van der Waals surface area contributed by atoms with Crippen molar-refractivity contribution in [1.82, 2.24) is 10.3 Å². The summed E-state index contributed by atoms with van der Waals surface area (Å²) in [4.78, 5) is 20.6. The minimum Gasteiger partial charge on any atom is -0.491 e. The maximum absolute atomic E-state index is 15.1. The van der Waals surface area contributed by atoms with Crippen molar-refractivity contribution >= 4 is 38.8 Å². The number of fused-ring (bicyclic) bond motifs is 2. The molecule has 0 spiro atoms. The van der Waals surface area contributed by atoms with Crippen molar-refractivity contribution in [3.05, 3.63) is 46.2 Å². The second-order valence-electron chi connectivity index (χ2n) is 9.02. The number of amides is 1.